The van der Waals surface area contributed by atoms with Crippen molar-refractivity contribution in [3.63, 3.8) is 0 Å². The van der Waals surface area contributed by atoms with Crippen molar-refractivity contribution in [3.8, 4) is 27.6 Å². The van der Waals surface area contributed by atoms with Crippen molar-refractivity contribution < 1.29 is 26.3 Å². The summed E-state index contributed by atoms with van der Waals surface area (Å²) in [5, 5.41) is 12.2. The third kappa shape index (κ3) is 5.01. The molecule has 0 spiro atoms. The predicted octanol–water partition coefficient (Wildman–Crippen LogP) is 7.70. The summed E-state index contributed by atoms with van der Waals surface area (Å²) in [6.07, 6.45) is -6.65. The Balaban J connectivity index is 1.53. The maximum absolute atomic E-state index is 13.3. The average Bonchev–Trinajstić information content (AvgIpc) is 3.59. The van der Waals surface area contributed by atoms with Gasteiger partial charge in [-0.15, -0.1) is 32.9 Å². The average molecular weight is 556 g/mol. The first-order valence-electron chi connectivity index (χ1n) is 9.92. The van der Waals surface area contributed by atoms with E-state index in [1.807, 2.05) is 23.6 Å². The standard InChI is InChI=1S/C22H11F6N5S3/c23-21(24,25)13-7-12(8-14(9-13)22(26,27)28)16-11-35-20(30-16)36-19-32-31-18(17-4-2-6-34-17)33(19)15-3-1-5-29-10-15/h1-11H. The van der Waals surface area contributed by atoms with Gasteiger partial charge < -0.3 is 0 Å². The number of nitrogens with zero attached hydrogens (tertiary/aromatic N) is 5. The minimum absolute atomic E-state index is 0.00924. The number of pyridine rings is 1. The molecule has 5 nitrogen and oxygen atoms in total. The molecule has 36 heavy (non-hydrogen) atoms. The molecule has 0 bridgehead atoms. The van der Waals surface area contributed by atoms with Gasteiger partial charge in [0.1, 0.15) is 0 Å². The van der Waals surface area contributed by atoms with Crippen LogP contribution in [-0.2, 0) is 12.4 Å². The lowest BCUT2D eigenvalue weighted by Gasteiger charge is -2.13. The fourth-order valence-corrected chi connectivity index (χ4v) is 5.71. The molecule has 0 radical (unpaired) electrons. The van der Waals surface area contributed by atoms with Crippen LogP contribution in [0.3, 0.4) is 0 Å². The minimum Gasteiger partial charge on any atom is -0.267 e. The Hall–Kier alpha value is -3.23. The van der Waals surface area contributed by atoms with Gasteiger partial charge in [-0.3, -0.25) is 9.55 Å². The van der Waals surface area contributed by atoms with Crippen LogP contribution in [0.4, 0.5) is 26.3 Å². The van der Waals surface area contributed by atoms with Crippen LogP contribution in [0.5, 0.6) is 0 Å². The summed E-state index contributed by atoms with van der Waals surface area (Å²) in [7, 11) is 0. The Kier molecular flexibility index (Phi) is 6.34. The van der Waals surface area contributed by atoms with E-state index in [1.54, 1.807) is 23.0 Å². The first-order valence-corrected chi connectivity index (χ1v) is 12.5. The minimum atomic E-state index is -4.94. The Labute approximate surface area is 211 Å². The maximum Gasteiger partial charge on any atom is 0.416 e. The highest BCUT2D eigenvalue weighted by Crippen LogP contribution is 2.40. The van der Waals surface area contributed by atoms with Crippen molar-refractivity contribution >= 4 is 34.4 Å². The zero-order chi connectivity index (χ0) is 25.5. The number of halogens is 6. The number of thiophene rings is 1. The van der Waals surface area contributed by atoms with E-state index in [-0.39, 0.29) is 17.3 Å². The SMILES string of the molecule is FC(F)(F)c1cc(-c2csc(Sc3nnc(-c4cccs4)n3-c3cccnc3)n2)cc(C(F)(F)F)c1. The normalized spacial score (nSPS) is 12.3. The molecule has 0 N–H and O–H groups in total. The highest BCUT2D eigenvalue weighted by atomic mass is 32.2. The van der Waals surface area contributed by atoms with E-state index < -0.39 is 23.5 Å². The van der Waals surface area contributed by atoms with Crippen molar-refractivity contribution in [3.05, 3.63) is 76.7 Å². The van der Waals surface area contributed by atoms with E-state index >= 15 is 0 Å². The van der Waals surface area contributed by atoms with Gasteiger partial charge in [0, 0.05) is 17.1 Å². The molecule has 0 saturated heterocycles. The molecule has 0 aliphatic heterocycles. The van der Waals surface area contributed by atoms with Gasteiger partial charge in [0.05, 0.1) is 33.6 Å². The summed E-state index contributed by atoms with van der Waals surface area (Å²) in [6, 6.07) is 8.71. The van der Waals surface area contributed by atoms with Crippen LogP contribution in [0, 0.1) is 0 Å². The lowest BCUT2D eigenvalue weighted by Crippen LogP contribution is -2.11. The highest BCUT2D eigenvalue weighted by molar-refractivity contribution is 8.00. The lowest BCUT2D eigenvalue weighted by molar-refractivity contribution is -0.143. The number of benzene rings is 1. The Morgan fingerprint density at radius 2 is 1.61 bits per heavy atom. The molecule has 0 fully saturated rings. The van der Waals surface area contributed by atoms with Crippen LogP contribution in [0.25, 0.3) is 27.6 Å². The van der Waals surface area contributed by atoms with Crippen molar-refractivity contribution in [1.82, 2.24) is 24.7 Å². The fourth-order valence-electron chi connectivity index (χ4n) is 3.24. The molecule has 4 heterocycles. The van der Waals surface area contributed by atoms with Crippen LogP contribution in [0.1, 0.15) is 11.1 Å². The van der Waals surface area contributed by atoms with E-state index in [2.05, 4.69) is 20.2 Å². The van der Waals surface area contributed by atoms with Gasteiger partial charge in [0.2, 0.25) is 5.16 Å². The second-order valence-corrected chi connectivity index (χ2v) is 10.2. The van der Waals surface area contributed by atoms with Crippen LogP contribution < -0.4 is 0 Å². The molecular formula is C22H11F6N5S3. The molecule has 5 aromatic rings. The van der Waals surface area contributed by atoms with Gasteiger partial charge in [-0.25, -0.2) is 4.98 Å². The van der Waals surface area contributed by atoms with Crippen LogP contribution in [-0.4, -0.2) is 24.7 Å². The monoisotopic (exact) mass is 555 g/mol. The van der Waals surface area contributed by atoms with Gasteiger partial charge in [0.15, 0.2) is 10.2 Å². The van der Waals surface area contributed by atoms with E-state index in [1.165, 1.54) is 16.7 Å². The molecule has 0 saturated carbocycles. The van der Waals surface area contributed by atoms with Gasteiger partial charge >= 0.3 is 12.4 Å². The molecule has 0 atom stereocenters. The number of hydrogen-bond donors (Lipinski definition) is 0. The molecule has 4 aromatic heterocycles. The van der Waals surface area contributed by atoms with Crippen molar-refractivity contribution in [2.24, 2.45) is 0 Å². The first-order chi connectivity index (χ1) is 17.1. The fraction of sp³-hybridized carbons (Fsp3) is 0.0909. The van der Waals surface area contributed by atoms with Gasteiger partial charge in [-0.05, 0) is 53.5 Å². The molecule has 1 aromatic carbocycles. The summed E-state index contributed by atoms with van der Waals surface area (Å²) in [5.41, 5.74) is -2.41. The second-order valence-electron chi connectivity index (χ2n) is 7.23. The largest absolute Gasteiger partial charge is 0.416 e. The molecule has 184 valence electrons. The summed E-state index contributed by atoms with van der Waals surface area (Å²) in [6.45, 7) is 0. The second kappa shape index (κ2) is 9.33. The zero-order valence-corrected chi connectivity index (χ0v) is 20.0. The summed E-state index contributed by atoms with van der Waals surface area (Å²) in [4.78, 5) is 9.26. The van der Waals surface area contributed by atoms with Crippen LogP contribution >= 0.6 is 34.4 Å². The van der Waals surface area contributed by atoms with Crippen LogP contribution in [0.2, 0.25) is 0 Å². The number of hydrogen-bond acceptors (Lipinski definition) is 7. The molecule has 0 amide bonds. The smallest absolute Gasteiger partial charge is 0.267 e. The van der Waals surface area contributed by atoms with E-state index in [0.717, 1.165) is 28.0 Å². The number of aromatic nitrogens is 5. The topological polar surface area (TPSA) is 56.5 Å². The number of alkyl halides is 6. The molecular weight excluding hydrogens is 544 g/mol. The Morgan fingerprint density at radius 3 is 2.22 bits per heavy atom. The molecule has 0 unspecified atom stereocenters. The van der Waals surface area contributed by atoms with Gasteiger partial charge in [-0.1, -0.05) is 6.07 Å². The molecule has 0 aliphatic rings. The lowest BCUT2D eigenvalue weighted by atomic mass is 10.0. The van der Waals surface area contributed by atoms with Gasteiger partial charge in [-0.2, -0.15) is 26.3 Å². The molecule has 0 aliphatic carbocycles. The van der Waals surface area contributed by atoms with Gasteiger partial charge in [0.25, 0.3) is 0 Å². The van der Waals surface area contributed by atoms with E-state index in [0.29, 0.717) is 33.1 Å². The van der Waals surface area contributed by atoms with E-state index in [9.17, 15) is 26.3 Å². The molecule has 14 heteroatoms. The molecule has 5 rings (SSSR count). The Morgan fingerprint density at radius 1 is 0.861 bits per heavy atom. The number of rotatable bonds is 5. The Bertz CT molecular complexity index is 1460. The predicted molar refractivity (Wildman–Crippen MR) is 124 cm³/mol. The summed E-state index contributed by atoms with van der Waals surface area (Å²) in [5.74, 6) is 0.560. The first kappa shape index (κ1) is 24.5. The quantitative estimate of drug-likeness (QED) is 0.208. The highest BCUT2D eigenvalue weighted by Gasteiger charge is 2.37. The number of thiazole rings is 1. The van der Waals surface area contributed by atoms with Crippen LogP contribution in [0.15, 0.2) is 75.1 Å². The summed E-state index contributed by atoms with van der Waals surface area (Å²) < 4.78 is 81.7. The third-order valence-electron chi connectivity index (χ3n) is 4.82. The maximum atomic E-state index is 13.3. The van der Waals surface area contributed by atoms with Crippen molar-refractivity contribution in [1.29, 1.82) is 0 Å². The van der Waals surface area contributed by atoms with Crippen molar-refractivity contribution in [2.75, 3.05) is 0 Å². The summed E-state index contributed by atoms with van der Waals surface area (Å²) >= 11 is 3.63. The van der Waals surface area contributed by atoms with Crippen molar-refractivity contribution in [2.45, 2.75) is 21.8 Å². The van der Waals surface area contributed by atoms with E-state index in [4.69, 9.17) is 0 Å². The zero-order valence-electron chi connectivity index (χ0n) is 17.6. The third-order valence-corrected chi connectivity index (χ3v) is 7.58.